The third kappa shape index (κ3) is 2.81. The molecule has 0 amide bonds. The standard InChI is InChI=1S/C10H14ClNOS2/c1-8-6-12(3-5-15(8)13)7-10-9(11)2-4-14-10/h2,4,8H,3,5-7H2,1H3/t8-,15-/m1/s1. The first-order valence-corrected chi connectivity index (χ1v) is 7.62. The van der Waals surface area contributed by atoms with Gasteiger partial charge in [0.05, 0.1) is 5.02 Å². The largest absolute Gasteiger partial charge is 0.296 e. The Labute approximate surface area is 102 Å². The molecule has 2 nitrogen and oxygen atoms in total. The van der Waals surface area contributed by atoms with Crippen LogP contribution >= 0.6 is 22.9 Å². The summed E-state index contributed by atoms with van der Waals surface area (Å²) < 4.78 is 11.5. The van der Waals surface area contributed by atoms with Crippen molar-refractivity contribution in [1.82, 2.24) is 4.90 Å². The Bertz CT molecular complexity index is 366. The highest BCUT2D eigenvalue weighted by molar-refractivity contribution is 7.85. The lowest BCUT2D eigenvalue weighted by atomic mass is 10.3. The Morgan fingerprint density at radius 1 is 1.73 bits per heavy atom. The Hall–Kier alpha value is 0.1000. The molecule has 1 fully saturated rings. The molecule has 1 aromatic heterocycles. The van der Waals surface area contributed by atoms with Gasteiger partial charge >= 0.3 is 0 Å². The molecule has 0 spiro atoms. The molecule has 0 saturated carbocycles. The molecule has 0 bridgehead atoms. The second kappa shape index (κ2) is 4.95. The van der Waals surface area contributed by atoms with Crippen molar-refractivity contribution >= 4 is 33.7 Å². The lowest BCUT2D eigenvalue weighted by molar-refractivity contribution is 0.277. The number of hydrogen-bond donors (Lipinski definition) is 0. The SMILES string of the molecule is C[C@@H]1CN(Cc2sccc2Cl)CC[S@]1=O. The van der Waals surface area contributed by atoms with Crippen LogP contribution in [0.15, 0.2) is 11.4 Å². The van der Waals surface area contributed by atoms with Gasteiger partial charge in [-0.05, 0) is 18.4 Å². The number of rotatable bonds is 2. The first kappa shape index (κ1) is 11.6. The van der Waals surface area contributed by atoms with Gasteiger partial charge < -0.3 is 0 Å². The second-order valence-corrected chi connectivity index (χ2v) is 7.20. The number of nitrogens with zero attached hydrogens (tertiary/aromatic N) is 1. The van der Waals surface area contributed by atoms with E-state index in [1.807, 2.05) is 11.4 Å². The average Bonchev–Trinajstić information content (AvgIpc) is 2.59. The van der Waals surface area contributed by atoms with Crippen LogP contribution < -0.4 is 0 Å². The van der Waals surface area contributed by atoms with E-state index in [1.165, 1.54) is 4.88 Å². The van der Waals surface area contributed by atoms with Gasteiger partial charge in [0.1, 0.15) is 0 Å². The van der Waals surface area contributed by atoms with Gasteiger partial charge in [-0.1, -0.05) is 11.6 Å². The topological polar surface area (TPSA) is 20.3 Å². The summed E-state index contributed by atoms with van der Waals surface area (Å²) in [5.74, 6) is 0.796. The maximum atomic E-state index is 11.5. The van der Waals surface area contributed by atoms with E-state index in [0.29, 0.717) is 0 Å². The molecule has 5 heteroatoms. The predicted molar refractivity (Wildman–Crippen MR) is 67.1 cm³/mol. The molecular weight excluding hydrogens is 250 g/mol. The zero-order chi connectivity index (χ0) is 10.8. The number of halogens is 1. The Morgan fingerprint density at radius 3 is 3.13 bits per heavy atom. The molecule has 0 radical (unpaired) electrons. The van der Waals surface area contributed by atoms with Crippen molar-refractivity contribution in [2.75, 3.05) is 18.8 Å². The van der Waals surface area contributed by atoms with Crippen LogP contribution in [-0.2, 0) is 17.3 Å². The summed E-state index contributed by atoms with van der Waals surface area (Å²) in [6, 6.07) is 1.94. The van der Waals surface area contributed by atoms with Crippen molar-refractivity contribution in [2.24, 2.45) is 0 Å². The van der Waals surface area contributed by atoms with Gasteiger partial charge in [-0.3, -0.25) is 9.11 Å². The quantitative estimate of drug-likeness (QED) is 0.817. The minimum Gasteiger partial charge on any atom is -0.296 e. The molecule has 1 saturated heterocycles. The fourth-order valence-electron chi connectivity index (χ4n) is 1.74. The smallest absolute Gasteiger partial charge is 0.0558 e. The van der Waals surface area contributed by atoms with E-state index >= 15 is 0 Å². The summed E-state index contributed by atoms with van der Waals surface area (Å²) >= 11 is 7.74. The highest BCUT2D eigenvalue weighted by atomic mass is 35.5. The maximum Gasteiger partial charge on any atom is 0.0558 e. The van der Waals surface area contributed by atoms with E-state index in [4.69, 9.17) is 11.6 Å². The van der Waals surface area contributed by atoms with Crippen LogP contribution in [0, 0.1) is 0 Å². The van der Waals surface area contributed by atoms with Gasteiger partial charge in [-0.15, -0.1) is 11.3 Å². The lowest BCUT2D eigenvalue weighted by Gasteiger charge is -2.29. The van der Waals surface area contributed by atoms with Crippen molar-refractivity contribution < 1.29 is 4.21 Å². The van der Waals surface area contributed by atoms with E-state index in [0.717, 1.165) is 30.4 Å². The number of hydrogen-bond acceptors (Lipinski definition) is 3. The van der Waals surface area contributed by atoms with Crippen LogP contribution in [0.5, 0.6) is 0 Å². The molecule has 1 aliphatic heterocycles. The van der Waals surface area contributed by atoms with Crippen molar-refractivity contribution in [3.8, 4) is 0 Å². The molecule has 0 aliphatic carbocycles. The first-order chi connectivity index (χ1) is 7.16. The minimum absolute atomic E-state index is 0.289. The zero-order valence-electron chi connectivity index (χ0n) is 8.61. The fourth-order valence-corrected chi connectivity index (χ4v) is 4.10. The van der Waals surface area contributed by atoms with E-state index in [2.05, 4.69) is 11.8 Å². The van der Waals surface area contributed by atoms with Crippen LogP contribution in [0.3, 0.4) is 0 Å². The molecule has 0 aromatic carbocycles. The second-order valence-electron chi connectivity index (χ2n) is 3.82. The van der Waals surface area contributed by atoms with Gasteiger partial charge in [0.15, 0.2) is 0 Å². The van der Waals surface area contributed by atoms with Crippen molar-refractivity contribution in [3.05, 3.63) is 21.3 Å². The number of thiophene rings is 1. The van der Waals surface area contributed by atoms with Crippen molar-refractivity contribution in [1.29, 1.82) is 0 Å². The van der Waals surface area contributed by atoms with E-state index in [-0.39, 0.29) is 5.25 Å². The molecule has 1 aromatic rings. The summed E-state index contributed by atoms with van der Waals surface area (Å²) in [7, 11) is -0.631. The molecule has 2 rings (SSSR count). The molecule has 1 aliphatic rings. The summed E-state index contributed by atoms with van der Waals surface area (Å²) in [5, 5.41) is 3.17. The van der Waals surface area contributed by atoms with Gasteiger partial charge in [-0.25, -0.2) is 0 Å². The predicted octanol–water partition coefficient (Wildman–Crippen LogP) is 2.35. The molecule has 2 atom stereocenters. The van der Waals surface area contributed by atoms with Crippen molar-refractivity contribution in [3.63, 3.8) is 0 Å². The Balaban J connectivity index is 1.96. The van der Waals surface area contributed by atoms with Crippen LogP contribution in [0.25, 0.3) is 0 Å². The molecule has 84 valence electrons. The molecule has 0 unspecified atom stereocenters. The summed E-state index contributed by atoms with van der Waals surface area (Å²) in [6.07, 6.45) is 0. The normalized spacial score (nSPS) is 28.1. The molecule has 2 heterocycles. The summed E-state index contributed by atoms with van der Waals surface area (Å²) in [6.45, 7) is 4.79. The maximum absolute atomic E-state index is 11.5. The van der Waals surface area contributed by atoms with E-state index in [9.17, 15) is 4.21 Å². The third-order valence-electron chi connectivity index (χ3n) is 2.63. The summed E-state index contributed by atoms with van der Waals surface area (Å²) in [5.41, 5.74) is 0. The highest BCUT2D eigenvalue weighted by Crippen LogP contribution is 2.24. The Morgan fingerprint density at radius 2 is 2.53 bits per heavy atom. The molecular formula is C10H14ClNOS2. The van der Waals surface area contributed by atoms with Crippen molar-refractivity contribution in [2.45, 2.75) is 18.7 Å². The van der Waals surface area contributed by atoms with Crippen LogP contribution in [0.4, 0.5) is 0 Å². The molecule has 0 N–H and O–H groups in total. The van der Waals surface area contributed by atoms with E-state index in [1.54, 1.807) is 11.3 Å². The first-order valence-electron chi connectivity index (χ1n) is 4.98. The summed E-state index contributed by atoms with van der Waals surface area (Å²) in [4.78, 5) is 3.56. The third-order valence-corrected chi connectivity index (χ3v) is 5.63. The average molecular weight is 264 g/mol. The van der Waals surface area contributed by atoms with Crippen LogP contribution in [0.1, 0.15) is 11.8 Å². The lowest BCUT2D eigenvalue weighted by Crippen LogP contribution is -2.42. The van der Waals surface area contributed by atoms with Gasteiger partial charge in [-0.2, -0.15) is 0 Å². The van der Waals surface area contributed by atoms with Gasteiger partial charge in [0.25, 0.3) is 0 Å². The van der Waals surface area contributed by atoms with Crippen LogP contribution in [-0.4, -0.2) is 33.2 Å². The highest BCUT2D eigenvalue weighted by Gasteiger charge is 2.22. The fraction of sp³-hybridized carbons (Fsp3) is 0.600. The zero-order valence-corrected chi connectivity index (χ0v) is 11.0. The Kier molecular flexibility index (Phi) is 3.83. The van der Waals surface area contributed by atoms with Gasteiger partial charge in [0, 0.05) is 46.3 Å². The van der Waals surface area contributed by atoms with Crippen LogP contribution in [0.2, 0.25) is 5.02 Å². The van der Waals surface area contributed by atoms with Gasteiger partial charge in [0.2, 0.25) is 0 Å². The molecule has 15 heavy (non-hydrogen) atoms. The minimum atomic E-state index is -0.631. The van der Waals surface area contributed by atoms with E-state index < -0.39 is 10.8 Å². The monoisotopic (exact) mass is 263 g/mol.